The fraction of sp³-hybridized carbons (Fsp3) is 0.667. The van der Waals surface area contributed by atoms with Crippen molar-refractivity contribution in [1.29, 1.82) is 0 Å². The molecule has 1 atom stereocenters. The van der Waals surface area contributed by atoms with Gasteiger partial charge in [0.2, 0.25) is 0 Å². The molecular formula is C18H27LiN4O4. The molecule has 0 bridgehead atoms. The number of carboxylic acids is 1. The van der Waals surface area contributed by atoms with E-state index in [1.54, 1.807) is 0 Å². The van der Waals surface area contributed by atoms with Crippen LogP contribution in [0.4, 0.5) is 10.6 Å². The summed E-state index contributed by atoms with van der Waals surface area (Å²) in [5.74, 6) is -0.0717. The summed E-state index contributed by atoms with van der Waals surface area (Å²) < 4.78 is 5.55. The second kappa shape index (κ2) is 8.49. The van der Waals surface area contributed by atoms with Crippen LogP contribution in [0.25, 0.3) is 0 Å². The molecular weight excluding hydrogens is 343 g/mol. The number of carbonyl (C=O) groups is 2. The Hall–Kier alpha value is -1.78. The summed E-state index contributed by atoms with van der Waals surface area (Å²) in [4.78, 5) is 35.5. The molecule has 2 heterocycles. The minimum absolute atomic E-state index is 0. The van der Waals surface area contributed by atoms with Crippen molar-refractivity contribution in [2.45, 2.75) is 51.7 Å². The van der Waals surface area contributed by atoms with Crippen LogP contribution in [-0.2, 0) is 4.74 Å². The van der Waals surface area contributed by atoms with Gasteiger partial charge in [0.1, 0.15) is 11.4 Å². The van der Waals surface area contributed by atoms with E-state index in [1.165, 1.54) is 12.4 Å². The van der Waals surface area contributed by atoms with E-state index in [9.17, 15) is 9.59 Å². The van der Waals surface area contributed by atoms with Gasteiger partial charge in [-0.2, -0.15) is 0 Å². The number of nitrogens with zero attached hydrogens (tertiary/aromatic N) is 4. The molecule has 1 saturated carbocycles. The zero-order valence-electron chi connectivity index (χ0n) is 15.5. The molecule has 1 aliphatic carbocycles. The van der Waals surface area contributed by atoms with Crippen LogP contribution >= 0.6 is 0 Å². The van der Waals surface area contributed by atoms with E-state index in [1.807, 2.05) is 25.7 Å². The quantitative estimate of drug-likeness (QED) is 0.789. The molecule has 1 saturated heterocycles. The number of hydrogen-bond donors (Lipinski definition) is 1. The third-order valence-electron chi connectivity index (χ3n) is 4.54. The van der Waals surface area contributed by atoms with Gasteiger partial charge in [0.25, 0.3) is 0 Å². The molecule has 1 aliphatic heterocycles. The molecule has 2 aliphatic rings. The van der Waals surface area contributed by atoms with E-state index in [4.69, 9.17) is 9.84 Å². The van der Waals surface area contributed by atoms with Crippen molar-refractivity contribution >= 4 is 36.7 Å². The van der Waals surface area contributed by atoms with Gasteiger partial charge in [0.05, 0.1) is 12.4 Å². The van der Waals surface area contributed by atoms with E-state index in [2.05, 4.69) is 14.9 Å². The Kier molecular flexibility index (Phi) is 6.76. The van der Waals surface area contributed by atoms with Crippen molar-refractivity contribution in [2.75, 3.05) is 24.5 Å². The first-order chi connectivity index (χ1) is 12.2. The molecule has 1 N–H and O–H groups in total. The topological polar surface area (TPSA) is 95.9 Å². The minimum atomic E-state index is -1.08. The normalized spacial score (nSPS) is 19.4. The van der Waals surface area contributed by atoms with E-state index in [-0.39, 0.29) is 30.6 Å². The van der Waals surface area contributed by atoms with Gasteiger partial charge >= 0.3 is 30.9 Å². The van der Waals surface area contributed by atoms with Crippen molar-refractivity contribution in [3.63, 3.8) is 0 Å². The van der Waals surface area contributed by atoms with Crippen LogP contribution in [-0.4, -0.2) is 82.2 Å². The summed E-state index contributed by atoms with van der Waals surface area (Å²) in [5.41, 5.74) is -0.553. The molecule has 1 unspecified atom stereocenters. The van der Waals surface area contributed by atoms with Crippen molar-refractivity contribution in [3.8, 4) is 0 Å². The summed E-state index contributed by atoms with van der Waals surface area (Å²) in [7, 11) is 0. The summed E-state index contributed by atoms with van der Waals surface area (Å²) in [6.07, 6.45) is 5.58. The van der Waals surface area contributed by atoms with Crippen LogP contribution in [0.15, 0.2) is 12.4 Å². The zero-order valence-corrected chi connectivity index (χ0v) is 15.5. The summed E-state index contributed by atoms with van der Waals surface area (Å²) in [6.45, 7) is 7.91. The van der Waals surface area contributed by atoms with E-state index < -0.39 is 11.6 Å². The Morgan fingerprint density at radius 3 is 2.48 bits per heavy atom. The first-order valence-corrected chi connectivity index (χ1v) is 9.03. The molecule has 3 rings (SSSR count). The molecule has 2 fully saturated rings. The third kappa shape index (κ3) is 5.85. The Bertz CT molecular complexity index is 673. The summed E-state index contributed by atoms with van der Waals surface area (Å²) >= 11 is 0. The maximum absolute atomic E-state index is 12.5. The summed E-state index contributed by atoms with van der Waals surface area (Å²) in [5, 5.41) is 8.91. The van der Waals surface area contributed by atoms with Crippen molar-refractivity contribution in [2.24, 2.45) is 5.92 Å². The number of amides is 1. The Balaban J connectivity index is 0.00000261. The molecule has 1 amide bonds. The van der Waals surface area contributed by atoms with Crippen molar-refractivity contribution in [3.05, 3.63) is 18.1 Å². The molecule has 1 aromatic rings. The van der Waals surface area contributed by atoms with Gasteiger partial charge in [-0.05, 0) is 46.0 Å². The van der Waals surface area contributed by atoms with E-state index in [0.29, 0.717) is 24.3 Å². The molecule has 0 aromatic carbocycles. The van der Waals surface area contributed by atoms with Crippen LogP contribution in [0.5, 0.6) is 0 Å². The fourth-order valence-corrected chi connectivity index (χ4v) is 3.14. The number of hydrogen-bond acceptors (Lipinski definition) is 6. The monoisotopic (exact) mass is 370 g/mol. The third-order valence-corrected chi connectivity index (χ3v) is 4.54. The first-order valence-electron chi connectivity index (χ1n) is 9.03. The van der Waals surface area contributed by atoms with E-state index >= 15 is 0 Å². The standard InChI is InChI=1S/C18H26N4O4.Li.H/c1-18(2,3)26-17(25)22(13-4-5-13)11-12-6-7-21(10-12)15-9-19-14(8-20-15)16(23)24;;/h8-9,12-13H,4-7,10-11H2,1-3H3,(H,23,24);;. The molecule has 144 valence electrons. The van der Waals surface area contributed by atoms with Gasteiger partial charge in [-0.3, -0.25) is 0 Å². The zero-order chi connectivity index (χ0) is 18.9. The predicted molar refractivity (Wildman–Crippen MR) is 102 cm³/mol. The van der Waals surface area contributed by atoms with Crippen LogP contribution < -0.4 is 4.90 Å². The van der Waals surface area contributed by atoms with Crippen LogP contribution in [0.3, 0.4) is 0 Å². The number of aromatic nitrogens is 2. The van der Waals surface area contributed by atoms with Gasteiger partial charge in [-0.1, -0.05) is 0 Å². The number of carbonyl (C=O) groups excluding carboxylic acids is 1. The predicted octanol–water partition coefficient (Wildman–Crippen LogP) is 1.75. The van der Waals surface area contributed by atoms with Crippen LogP contribution in [0, 0.1) is 5.92 Å². The fourth-order valence-electron chi connectivity index (χ4n) is 3.14. The number of rotatable bonds is 5. The van der Waals surface area contributed by atoms with E-state index in [0.717, 1.165) is 32.4 Å². The van der Waals surface area contributed by atoms with Gasteiger partial charge in [0, 0.05) is 25.7 Å². The van der Waals surface area contributed by atoms with Gasteiger partial charge < -0.3 is 19.6 Å². The molecule has 8 nitrogen and oxygen atoms in total. The molecule has 0 radical (unpaired) electrons. The average molecular weight is 370 g/mol. The average Bonchev–Trinajstić information content (AvgIpc) is 3.29. The maximum atomic E-state index is 12.5. The number of ether oxygens (including phenoxy) is 1. The molecule has 1 aromatic heterocycles. The summed E-state index contributed by atoms with van der Waals surface area (Å²) in [6, 6.07) is 0.300. The number of anilines is 1. The Morgan fingerprint density at radius 1 is 1.26 bits per heavy atom. The molecule has 0 spiro atoms. The van der Waals surface area contributed by atoms with Crippen LogP contribution in [0.2, 0.25) is 0 Å². The molecule has 27 heavy (non-hydrogen) atoms. The van der Waals surface area contributed by atoms with Gasteiger partial charge in [-0.25, -0.2) is 19.6 Å². The van der Waals surface area contributed by atoms with Gasteiger partial charge in [-0.15, -0.1) is 0 Å². The number of carboxylic acid groups (broad SMARTS) is 1. The second-order valence-corrected chi connectivity index (χ2v) is 8.03. The van der Waals surface area contributed by atoms with Gasteiger partial charge in [0.15, 0.2) is 5.69 Å². The molecule has 9 heteroatoms. The van der Waals surface area contributed by atoms with Crippen molar-refractivity contribution < 1.29 is 19.4 Å². The SMILES string of the molecule is CC(C)(C)OC(=O)N(CC1CCN(c2cnc(C(=O)O)cn2)C1)C1CC1.[LiH]. The first kappa shape index (κ1) is 21.5. The van der Waals surface area contributed by atoms with Crippen LogP contribution in [0.1, 0.15) is 50.5 Å². The Morgan fingerprint density at radius 2 is 1.96 bits per heavy atom. The number of aromatic carboxylic acids is 1. The van der Waals surface area contributed by atoms with Crippen molar-refractivity contribution in [1.82, 2.24) is 14.9 Å². The second-order valence-electron chi connectivity index (χ2n) is 8.03. The Labute approximate surface area is 171 Å².